The number of hydrogen-bond acceptors (Lipinski definition) is 2. The van der Waals surface area contributed by atoms with Gasteiger partial charge in [0, 0.05) is 10.9 Å². The van der Waals surface area contributed by atoms with Gasteiger partial charge >= 0.3 is 0 Å². The van der Waals surface area contributed by atoms with Crippen molar-refractivity contribution >= 4 is 28.0 Å². The van der Waals surface area contributed by atoms with Crippen LogP contribution in [0.4, 0.5) is 0 Å². The van der Waals surface area contributed by atoms with Gasteiger partial charge in [0.05, 0.1) is 21.7 Å². The molecule has 0 aliphatic carbocycles. The Balaban J connectivity index is 2.19. The van der Waals surface area contributed by atoms with Crippen LogP contribution >= 0.6 is 11.6 Å². The van der Waals surface area contributed by atoms with Gasteiger partial charge in [-0.25, -0.2) is 9.50 Å². The molecule has 0 fully saturated rings. The van der Waals surface area contributed by atoms with Crippen LogP contribution in [-0.4, -0.2) is 14.6 Å². The summed E-state index contributed by atoms with van der Waals surface area (Å²) in [5, 5.41) is 6.34. The fourth-order valence-corrected chi connectivity index (χ4v) is 2.84. The monoisotopic (exact) mass is 293 g/mol. The van der Waals surface area contributed by atoms with Gasteiger partial charge in [-0.05, 0) is 31.2 Å². The third kappa shape index (κ3) is 1.89. The summed E-state index contributed by atoms with van der Waals surface area (Å²) < 4.78 is 1.87. The lowest BCUT2D eigenvalue weighted by Gasteiger charge is -2.08. The molecule has 0 radical (unpaired) electrons. The molecule has 4 aromatic rings. The average molecular weight is 294 g/mol. The van der Waals surface area contributed by atoms with E-state index in [1.165, 1.54) is 0 Å². The molecule has 4 rings (SSSR count). The van der Waals surface area contributed by atoms with Gasteiger partial charge in [0.25, 0.3) is 0 Å². The Morgan fingerprint density at radius 1 is 1.00 bits per heavy atom. The van der Waals surface area contributed by atoms with Crippen molar-refractivity contribution in [2.75, 3.05) is 0 Å². The van der Waals surface area contributed by atoms with Crippen molar-refractivity contribution in [3.8, 4) is 11.4 Å². The van der Waals surface area contributed by atoms with E-state index in [4.69, 9.17) is 16.6 Å². The lowest BCUT2D eigenvalue weighted by Crippen LogP contribution is -1.99. The van der Waals surface area contributed by atoms with Crippen LogP contribution in [0.25, 0.3) is 27.8 Å². The van der Waals surface area contributed by atoms with Crippen molar-refractivity contribution in [3.63, 3.8) is 0 Å². The van der Waals surface area contributed by atoms with Crippen molar-refractivity contribution in [2.45, 2.75) is 6.92 Å². The Labute approximate surface area is 126 Å². The van der Waals surface area contributed by atoms with Crippen molar-refractivity contribution in [3.05, 3.63) is 65.3 Å². The highest BCUT2D eigenvalue weighted by Gasteiger charge is 2.13. The molecule has 2 heterocycles. The Bertz CT molecular complexity index is 972. The van der Waals surface area contributed by atoms with Gasteiger partial charge in [0.1, 0.15) is 0 Å². The number of para-hydroxylation sites is 1. The maximum Gasteiger partial charge on any atom is 0.163 e. The van der Waals surface area contributed by atoms with E-state index in [1.807, 2.05) is 53.9 Å². The van der Waals surface area contributed by atoms with Crippen molar-refractivity contribution in [1.82, 2.24) is 14.6 Å². The number of benzene rings is 2. The molecule has 0 aliphatic heterocycles. The topological polar surface area (TPSA) is 30.2 Å². The standard InChI is InChI=1S/C17H12ClN3/c1-11-10-16-13-7-3-5-9-15(13)19-17(21(16)20-11)12-6-2-4-8-14(12)18/h2-10H,1H3. The summed E-state index contributed by atoms with van der Waals surface area (Å²) in [6.07, 6.45) is 0. The second-order valence-corrected chi connectivity index (χ2v) is 5.42. The van der Waals surface area contributed by atoms with Gasteiger partial charge in [0.15, 0.2) is 5.82 Å². The van der Waals surface area contributed by atoms with Crippen LogP contribution in [0.3, 0.4) is 0 Å². The molecule has 0 atom stereocenters. The number of halogens is 1. The highest BCUT2D eigenvalue weighted by atomic mass is 35.5. The molecular formula is C17H12ClN3. The minimum atomic E-state index is 0.676. The Morgan fingerprint density at radius 2 is 1.76 bits per heavy atom. The first-order valence-electron chi connectivity index (χ1n) is 6.74. The summed E-state index contributed by atoms with van der Waals surface area (Å²) in [5.41, 5.74) is 3.84. The second-order valence-electron chi connectivity index (χ2n) is 5.02. The zero-order chi connectivity index (χ0) is 14.4. The minimum absolute atomic E-state index is 0.676. The molecule has 0 amide bonds. The molecule has 0 spiro atoms. The number of aromatic nitrogens is 3. The first-order chi connectivity index (χ1) is 10.2. The highest BCUT2D eigenvalue weighted by Crippen LogP contribution is 2.29. The SMILES string of the molecule is Cc1cc2c3ccccc3nc(-c3ccccc3Cl)n2n1. The van der Waals surface area contributed by atoms with Crippen LogP contribution in [0, 0.1) is 6.92 Å². The molecular weight excluding hydrogens is 282 g/mol. The molecule has 21 heavy (non-hydrogen) atoms. The fraction of sp³-hybridized carbons (Fsp3) is 0.0588. The Kier molecular flexibility index (Phi) is 2.69. The first-order valence-corrected chi connectivity index (χ1v) is 7.12. The summed E-state index contributed by atoms with van der Waals surface area (Å²) >= 11 is 6.34. The molecule has 0 aliphatic rings. The van der Waals surface area contributed by atoms with Crippen LogP contribution in [0.5, 0.6) is 0 Å². The third-order valence-corrected chi connectivity index (χ3v) is 3.88. The van der Waals surface area contributed by atoms with Gasteiger partial charge in [-0.15, -0.1) is 0 Å². The summed E-state index contributed by atoms with van der Waals surface area (Å²) in [6.45, 7) is 1.98. The van der Waals surface area contributed by atoms with Gasteiger partial charge < -0.3 is 0 Å². The maximum absolute atomic E-state index is 6.34. The average Bonchev–Trinajstić information content (AvgIpc) is 2.89. The van der Waals surface area contributed by atoms with E-state index >= 15 is 0 Å². The van der Waals surface area contributed by atoms with E-state index < -0.39 is 0 Å². The van der Waals surface area contributed by atoms with E-state index in [-0.39, 0.29) is 0 Å². The molecule has 0 N–H and O–H groups in total. The van der Waals surface area contributed by atoms with Crippen LogP contribution in [0.2, 0.25) is 5.02 Å². The summed E-state index contributed by atoms with van der Waals surface area (Å²) in [4.78, 5) is 4.76. The first kappa shape index (κ1) is 12.4. The highest BCUT2D eigenvalue weighted by molar-refractivity contribution is 6.33. The number of rotatable bonds is 1. The summed E-state index contributed by atoms with van der Waals surface area (Å²) in [7, 11) is 0. The molecule has 102 valence electrons. The number of hydrogen-bond donors (Lipinski definition) is 0. The third-order valence-electron chi connectivity index (χ3n) is 3.55. The maximum atomic E-state index is 6.34. The normalized spacial score (nSPS) is 11.3. The molecule has 0 bridgehead atoms. The number of aryl methyl sites for hydroxylation is 1. The summed E-state index contributed by atoms with van der Waals surface area (Å²) in [6, 6.07) is 17.9. The van der Waals surface area contributed by atoms with Crippen molar-refractivity contribution in [2.24, 2.45) is 0 Å². The molecule has 0 unspecified atom stereocenters. The number of fused-ring (bicyclic) bond motifs is 3. The van der Waals surface area contributed by atoms with Gasteiger partial charge in [-0.3, -0.25) is 0 Å². The van der Waals surface area contributed by atoms with E-state index in [2.05, 4.69) is 17.2 Å². The van der Waals surface area contributed by atoms with E-state index in [1.54, 1.807) is 0 Å². The number of nitrogens with zero attached hydrogens (tertiary/aromatic N) is 3. The zero-order valence-electron chi connectivity index (χ0n) is 11.4. The Morgan fingerprint density at radius 3 is 2.62 bits per heavy atom. The van der Waals surface area contributed by atoms with Gasteiger partial charge in [0.2, 0.25) is 0 Å². The van der Waals surface area contributed by atoms with Crippen LogP contribution in [0.15, 0.2) is 54.6 Å². The zero-order valence-corrected chi connectivity index (χ0v) is 12.2. The molecule has 3 nitrogen and oxygen atoms in total. The molecule has 0 saturated heterocycles. The summed E-state index contributed by atoms with van der Waals surface area (Å²) in [5.74, 6) is 0.766. The quantitative estimate of drug-likeness (QED) is 0.517. The van der Waals surface area contributed by atoms with E-state index in [0.29, 0.717) is 5.02 Å². The van der Waals surface area contributed by atoms with Crippen molar-refractivity contribution in [1.29, 1.82) is 0 Å². The minimum Gasteiger partial charge on any atom is -0.228 e. The predicted molar refractivity (Wildman–Crippen MR) is 85.7 cm³/mol. The van der Waals surface area contributed by atoms with Crippen LogP contribution in [0.1, 0.15) is 5.69 Å². The molecule has 2 aromatic heterocycles. The fourth-order valence-electron chi connectivity index (χ4n) is 2.62. The lowest BCUT2D eigenvalue weighted by molar-refractivity contribution is 0.922. The van der Waals surface area contributed by atoms with Crippen molar-refractivity contribution < 1.29 is 0 Å². The predicted octanol–water partition coefficient (Wildman–Crippen LogP) is 4.51. The van der Waals surface area contributed by atoms with E-state index in [9.17, 15) is 0 Å². The largest absolute Gasteiger partial charge is 0.228 e. The van der Waals surface area contributed by atoms with E-state index in [0.717, 1.165) is 33.5 Å². The van der Waals surface area contributed by atoms with Gasteiger partial charge in [-0.1, -0.05) is 41.9 Å². The second kappa shape index (κ2) is 4.57. The molecule has 4 heteroatoms. The molecule has 2 aromatic carbocycles. The van der Waals surface area contributed by atoms with Crippen LogP contribution in [-0.2, 0) is 0 Å². The van der Waals surface area contributed by atoms with Gasteiger partial charge in [-0.2, -0.15) is 5.10 Å². The molecule has 0 saturated carbocycles. The smallest absolute Gasteiger partial charge is 0.163 e. The lowest BCUT2D eigenvalue weighted by atomic mass is 10.1. The Hall–Kier alpha value is -2.39. The van der Waals surface area contributed by atoms with Crippen LogP contribution < -0.4 is 0 Å².